The average Bonchev–Trinajstić information content (AvgIpc) is 3.51. The Balaban J connectivity index is 1.20. The number of hydrogen-bond acceptors (Lipinski definition) is 8. The van der Waals surface area contributed by atoms with Crippen molar-refractivity contribution in [3.05, 3.63) is 90.1 Å². The second-order valence-electron chi connectivity index (χ2n) is 9.33. The maximum absolute atomic E-state index is 12.4. The second kappa shape index (κ2) is 9.63. The van der Waals surface area contributed by atoms with Gasteiger partial charge in [-0.15, -0.1) is 5.10 Å². The number of benzene rings is 3. The third-order valence-corrected chi connectivity index (χ3v) is 6.87. The number of nitrogens with zero attached hydrogens (tertiary/aromatic N) is 3. The van der Waals surface area contributed by atoms with E-state index in [1.54, 1.807) is 0 Å². The summed E-state index contributed by atoms with van der Waals surface area (Å²) >= 11 is 0. The van der Waals surface area contributed by atoms with Crippen LogP contribution in [0.3, 0.4) is 0 Å². The van der Waals surface area contributed by atoms with Crippen molar-refractivity contribution in [1.29, 1.82) is 0 Å². The molecule has 0 spiro atoms. The number of rotatable bonds is 8. The summed E-state index contributed by atoms with van der Waals surface area (Å²) in [6.45, 7) is 4.09. The summed E-state index contributed by atoms with van der Waals surface area (Å²) in [5.74, 6) is 0.878. The molecule has 8 heteroatoms. The van der Waals surface area contributed by atoms with Gasteiger partial charge in [0.2, 0.25) is 5.89 Å². The molecule has 2 heterocycles. The molecule has 0 saturated heterocycles. The zero-order valence-corrected chi connectivity index (χ0v) is 21.1. The van der Waals surface area contributed by atoms with Crippen LogP contribution in [-0.2, 0) is 14.9 Å². The number of carbonyl (C=O) groups is 1. The zero-order chi connectivity index (χ0) is 26.1. The fourth-order valence-electron chi connectivity index (χ4n) is 4.59. The normalized spacial score (nSPS) is 13.7. The van der Waals surface area contributed by atoms with E-state index in [9.17, 15) is 4.79 Å². The fourth-order valence-corrected chi connectivity index (χ4v) is 4.59. The highest BCUT2D eigenvalue weighted by Crippen LogP contribution is 2.49. The van der Waals surface area contributed by atoms with Crippen LogP contribution >= 0.6 is 0 Å². The Labute approximate surface area is 219 Å². The third kappa shape index (κ3) is 4.34. The number of aromatic nitrogens is 3. The lowest BCUT2D eigenvalue weighted by Gasteiger charge is -2.14. The number of nitrogens with one attached hydrogen (secondary N) is 1. The Morgan fingerprint density at radius 3 is 2.21 bits per heavy atom. The van der Waals surface area contributed by atoms with Gasteiger partial charge in [-0.3, -0.25) is 4.79 Å². The third-order valence-electron chi connectivity index (χ3n) is 6.87. The second-order valence-corrected chi connectivity index (χ2v) is 9.33. The summed E-state index contributed by atoms with van der Waals surface area (Å²) in [5.41, 5.74) is 5.70. The first kappa shape index (κ1) is 23.7. The maximum Gasteiger partial charge on any atom is 0.320 e. The summed E-state index contributed by atoms with van der Waals surface area (Å²) in [6.07, 6.45) is 1.67. The largest absolute Gasteiger partial charge is 0.465 e. The molecule has 8 nitrogen and oxygen atoms in total. The molecule has 1 aliphatic rings. The van der Waals surface area contributed by atoms with Crippen molar-refractivity contribution in [2.45, 2.75) is 32.1 Å². The Kier molecular flexibility index (Phi) is 5.99. The molecule has 5 aromatic rings. The Hall–Kier alpha value is -4.72. The van der Waals surface area contributed by atoms with Gasteiger partial charge in [-0.25, -0.2) is 0 Å². The summed E-state index contributed by atoms with van der Waals surface area (Å²) in [5, 5.41) is 15.6. The van der Waals surface area contributed by atoms with Crippen molar-refractivity contribution in [3.63, 3.8) is 0 Å². The minimum atomic E-state index is -0.466. The van der Waals surface area contributed by atoms with E-state index in [4.69, 9.17) is 13.7 Å². The van der Waals surface area contributed by atoms with Crippen LogP contribution in [-0.4, -0.2) is 27.9 Å². The number of esters is 1. The quantitative estimate of drug-likeness (QED) is 0.232. The van der Waals surface area contributed by atoms with Crippen LogP contribution in [0.1, 0.15) is 31.0 Å². The molecule has 1 N–H and O–H groups in total. The standard InChI is InChI=1S/C30H26N4O4/c1-3-36-28(35)30(17-18-30)24-15-13-21(14-16-24)20-9-11-22(12-10-20)26-25(19(2)34-38-26)31-29-33-32-27(37-29)23-7-5-4-6-8-23/h4-16H,3,17-18H2,1-2H3,(H,31,33). The maximum atomic E-state index is 12.4. The van der Waals surface area contributed by atoms with Gasteiger partial charge in [0, 0.05) is 11.1 Å². The van der Waals surface area contributed by atoms with Crippen LogP contribution in [0.5, 0.6) is 0 Å². The van der Waals surface area contributed by atoms with E-state index in [2.05, 4.69) is 32.8 Å². The molecule has 6 rings (SSSR count). The van der Waals surface area contributed by atoms with Gasteiger partial charge in [-0.2, -0.15) is 0 Å². The predicted octanol–water partition coefficient (Wildman–Crippen LogP) is 6.71. The number of hydrogen-bond donors (Lipinski definition) is 1. The topological polar surface area (TPSA) is 103 Å². The average molecular weight is 507 g/mol. The van der Waals surface area contributed by atoms with E-state index < -0.39 is 5.41 Å². The van der Waals surface area contributed by atoms with Gasteiger partial charge in [0.05, 0.1) is 12.0 Å². The number of ether oxygens (including phenoxy) is 1. The van der Waals surface area contributed by atoms with E-state index in [-0.39, 0.29) is 12.0 Å². The SMILES string of the molecule is CCOC(=O)C1(c2ccc(-c3ccc(-c4onc(C)c4Nc4nnc(-c5ccccc5)o4)cc3)cc2)CC1. The molecule has 1 saturated carbocycles. The molecule has 0 unspecified atom stereocenters. The van der Waals surface area contributed by atoms with Crippen molar-refractivity contribution >= 4 is 17.7 Å². The van der Waals surface area contributed by atoms with Crippen LogP contribution in [0.2, 0.25) is 0 Å². The molecule has 2 aromatic heterocycles. The molecule has 3 aromatic carbocycles. The molecular weight excluding hydrogens is 480 g/mol. The van der Waals surface area contributed by atoms with Gasteiger partial charge in [-0.1, -0.05) is 77.0 Å². The minimum Gasteiger partial charge on any atom is -0.465 e. The van der Waals surface area contributed by atoms with E-state index in [0.717, 1.165) is 40.7 Å². The molecule has 0 atom stereocenters. The summed E-state index contributed by atoms with van der Waals surface area (Å²) < 4.78 is 16.7. The highest BCUT2D eigenvalue weighted by Gasteiger charge is 2.52. The first-order valence-electron chi connectivity index (χ1n) is 12.6. The molecule has 38 heavy (non-hydrogen) atoms. The number of anilines is 2. The molecule has 0 amide bonds. The van der Waals surface area contributed by atoms with Crippen LogP contribution < -0.4 is 5.32 Å². The molecule has 0 aliphatic heterocycles. The Bertz CT molecular complexity index is 1570. The fraction of sp³-hybridized carbons (Fsp3) is 0.200. The first-order valence-corrected chi connectivity index (χ1v) is 12.6. The Morgan fingerprint density at radius 1 is 0.895 bits per heavy atom. The molecule has 0 radical (unpaired) electrons. The van der Waals surface area contributed by atoms with Crippen molar-refractivity contribution in [2.75, 3.05) is 11.9 Å². The molecular formula is C30H26N4O4. The predicted molar refractivity (Wildman–Crippen MR) is 143 cm³/mol. The molecule has 1 fully saturated rings. The first-order chi connectivity index (χ1) is 18.6. The van der Waals surface area contributed by atoms with E-state index in [1.165, 1.54) is 0 Å². The molecule has 1 aliphatic carbocycles. The number of carbonyl (C=O) groups excluding carboxylic acids is 1. The summed E-state index contributed by atoms with van der Waals surface area (Å²) in [4.78, 5) is 12.4. The van der Waals surface area contributed by atoms with Crippen molar-refractivity contribution in [2.24, 2.45) is 0 Å². The van der Waals surface area contributed by atoms with E-state index in [0.29, 0.717) is 29.6 Å². The van der Waals surface area contributed by atoms with Gasteiger partial charge < -0.3 is 19.0 Å². The smallest absolute Gasteiger partial charge is 0.320 e. The van der Waals surface area contributed by atoms with Gasteiger partial charge in [-0.05, 0) is 55.5 Å². The van der Waals surface area contributed by atoms with E-state index >= 15 is 0 Å². The number of aryl methyl sites for hydroxylation is 1. The highest BCUT2D eigenvalue weighted by molar-refractivity contribution is 5.87. The lowest BCUT2D eigenvalue weighted by molar-refractivity contribution is -0.146. The summed E-state index contributed by atoms with van der Waals surface area (Å²) in [6, 6.07) is 26.0. The van der Waals surface area contributed by atoms with Crippen molar-refractivity contribution in [1.82, 2.24) is 15.4 Å². The van der Waals surface area contributed by atoms with Gasteiger partial charge >= 0.3 is 12.0 Å². The van der Waals surface area contributed by atoms with Gasteiger partial charge in [0.15, 0.2) is 5.76 Å². The van der Waals surface area contributed by atoms with E-state index in [1.807, 2.05) is 80.6 Å². The molecule has 190 valence electrons. The highest BCUT2D eigenvalue weighted by atomic mass is 16.5. The lowest BCUT2D eigenvalue weighted by atomic mass is 9.93. The van der Waals surface area contributed by atoms with Gasteiger partial charge in [0.1, 0.15) is 11.4 Å². The van der Waals surface area contributed by atoms with Crippen LogP contribution in [0.15, 0.2) is 87.8 Å². The van der Waals surface area contributed by atoms with Crippen molar-refractivity contribution in [3.8, 4) is 33.9 Å². The van der Waals surface area contributed by atoms with Crippen LogP contribution in [0, 0.1) is 6.92 Å². The lowest BCUT2D eigenvalue weighted by Crippen LogP contribution is -2.23. The Morgan fingerprint density at radius 2 is 1.55 bits per heavy atom. The van der Waals surface area contributed by atoms with Crippen LogP contribution in [0.4, 0.5) is 11.7 Å². The monoisotopic (exact) mass is 506 g/mol. The van der Waals surface area contributed by atoms with Gasteiger partial charge in [0.25, 0.3) is 0 Å². The zero-order valence-electron chi connectivity index (χ0n) is 21.1. The summed E-state index contributed by atoms with van der Waals surface area (Å²) in [7, 11) is 0. The minimum absolute atomic E-state index is 0.124. The van der Waals surface area contributed by atoms with Crippen molar-refractivity contribution < 1.29 is 18.5 Å². The van der Waals surface area contributed by atoms with Crippen LogP contribution in [0.25, 0.3) is 33.9 Å². The molecule has 0 bridgehead atoms.